The number of urea groups is 1. The maximum atomic E-state index is 12.9. The number of thiazole rings is 1. The second-order valence-electron chi connectivity index (χ2n) is 7.81. The van der Waals surface area contributed by atoms with Crippen LogP contribution in [0, 0.1) is 0 Å². The van der Waals surface area contributed by atoms with Gasteiger partial charge in [-0.05, 0) is 36.6 Å². The number of halogens is 1. The molecule has 170 valence electrons. The maximum absolute atomic E-state index is 12.9. The standard InChI is InChI=1S/C25H25ClN4O2S/c1-2-13-27-25(32)30-14-11-18(12-15-30)24-29-22(16-33-24)23(31)28-21-6-4-3-5-20(21)17-7-9-19(26)10-8-17/h2-10,16,18H,1,11-15H2,(H,27,32)(H,28,31). The van der Waals surface area contributed by atoms with E-state index in [1.807, 2.05) is 53.4 Å². The van der Waals surface area contributed by atoms with Crippen molar-refractivity contribution in [1.29, 1.82) is 0 Å². The summed E-state index contributed by atoms with van der Waals surface area (Å²) in [5.74, 6) is 0.0153. The first kappa shape index (κ1) is 23.0. The number of nitrogens with zero attached hydrogens (tertiary/aromatic N) is 2. The van der Waals surface area contributed by atoms with Crippen molar-refractivity contribution in [2.75, 3.05) is 25.0 Å². The average molecular weight is 481 g/mol. The van der Waals surface area contributed by atoms with Gasteiger partial charge in [-0.3, -0.25) is 4.79 Å². The summed E-state index contributed by atoms with van der Waals surface area (Å²) in [6, 6.07) is 15.1. The van der Waals surface area contributed by atoms with Crippen LogP contribution in [0.1, 0.15) is 34.3 Å². The quantitative estimate of drug-likeness (QED) is 0.438. The third-order valence-corrected chi connectivity index (χ3v) is 6.87. The SMILES string of the molecule is C=CCNC(=O)N1CCC(c2nc(C(=O)Nc3ccccc3-c3ccc(Cl)cc3)cs2)CC1. The van der Waals surface area contributed by atoms with Crippen molar-refractivity contribution >= 4 is 40.6 Å². The summed E-state index contributed by atoms with van der Waals surface area (Å²) in [5, 5.41) is 9.23. The lowest BCUT2D eigenvalue weighted by atomic mass is 9.98. The highest BCUT2D eigenvalue weighted by Crippen LogP contribution is 2.32. The van der Waals surface area contributed by atoms with Crippen molar-refractivity contribution in [3.8, 4) is 11.1 Å². The van der Waals surface area contributed by atoms with E-state index in [4.69, 9.17) is 11.6 Å². The zero-order valence-corrected chi connectivity index (χ0v) is 19.7. The minimum Gasteiger partial charge on any atom is -0.335 e. The second kappa shape index (κ2) is 10.6. The van der Waals surface area contributed by atoms with Crippen molar-refractivity contribution in [3.63, 3.8) is 0 Å². The van der Waals surface area contributed by atoms with Gasteiger partial charge < -0.3 is 15.5 Å². The van der Waals surface area contributed by atoms with Crippen LogP contribution in [-0.2, 0) is 0 Å². The highest BCUT2D eigenvalue weighted by Gasteiger charge is 2.26. The lowest BCUT2D eigenvalue weighted by Gasteiger charge is -2.31. The van der Waals surface area contributed by atoms with Gasteiger partial charge in [-0.2, -0.15) is 0 Å². The fourth-order valence-electron chi connectivity index (χ4n) is 3.84. The average Bonchev–Trinajstić information content (AvgIpc) is 3.34. The molecule has 6 nitrogen and oxygen atoms in total. The Kier molecular flexibility index (Phi) is 7.42. The van der Waals surface area contributed by atoms with Crippen LogP contribution in [-0.4, -0.2) is 41.5 Å². The minimum absolute atomic E-state index is 0.0630. The van der Waals surface area contributed by atoms with Crippen LogP contribution in [0.15, 0.2) is 66.6 Å². The fourth-order valence-corrected chi connectivity index (χ4v) is 4.94. The molecule has 1 aromatic heterocycles. The van der Waals surface area contributed by atoms with E-state index in [0.29, 0.717) is 30.4 Å². The van der Waals surface area contributed by atoms with Gasteiger partial charge in [0.15, 0.2) is 0 Å². The van der Waals surface area contributed by atoms with Gasteiger partial charge in [-0.1, -0.05) is 48.0 Å². The Morgan fingerprint density at radius 3 is 2.61 bits per heavy atom. The van der Waals surface area contributed by atoms with Gasteiger partial charge in [-0.15, -0.1) is 17.9 Å². The number of aromatic nitrogens is 1. The van der Waals surface area contributed by atoms with Gasteiger partial charge in [0.2, 0.25) is 0 Å². The molecule has 3 aromatic rings. The Morgan fingerprint density at radius 2 is 1.88 bits per heavy atom. The van der Waals surface area contributed by atoms with Gasteiger partial charge >= 0.3 is 6.03 Å². The van der Waals surface area contributed by atoms with Crippen molar-refractivity contribution in [3.05, 3.63) is 82.3 Å². The van der Waals surface area contributed by atoms with Crippen LogP contribution in [0.2, 0.25) is 5.02 Å². The molecule has 8 heteroatoms. The summed E-state index contributed by atoms with van der Waals surface area (Å²) in [7, 11) is 0. The van der Waals surface area contributed by atoms with Gasteiger partial charge in [0, 0.05) is 47.2 Å². The Hall–Kier alpha value is -3.16. The predicted octanol–water partition coefficient (Wildman–Crippen LogP) is 5.79. The maximum Gasteiger partial charge on any atom is 0.317 e. The number of anilines is 1. The van der Waals surface area contributed by atoms with E-state index in [-0.39, 0.29) is 17.9 Å². The van der Waals surface area contributed by atoms with Crippen molar-refractivity contribution in [2.45, 2.75) is 18.8 Å². The third-order valence-electron chi connectivity index (χ3n) is 5.61. The molecule has 2 N–H and O–H groups in total. The molecular weight excluding hydrogens is 456 g/mol. The molecule has 1 aliphatic heterocycles. The zero-order chi connectivity index (χ0) is 23.2. The summed E-state index contributed by atoms with van der Waals surface area (Å²) < 4.78 is 0. The molecule has 0 bridgehead atoms. The first-order valence-corrected chi connectivity index (χ1v) is 12.1. The summed E-state index contributed by atoms with van der Waals surface area (Å²) in [6.07, 6.45) is 3.33. The number of hydrogen-bond acceptors (Lipinski definition) is 4. The molecule has 0 radical (unpaired) electrons. The number of carbonyl (C=O) groups is 2. The molecule has 0 unspecified atom stereocenters. The predicted molar refractivity (Wildman–Crippen MR) is 134 cm³/mol. The first-order chi connectivity index (χ1) is 16.0. The number of hydrogen-bond donors (Lipinski definition) is 2. The number of carbonyl (C=O) groups excluding carboxylic acids is 2. The zero-order valence-electron chi connectivity index (χ0n) is 18.1. The van der Waals surface area contributed by atoms with Crippen LogP contribution in [0.4, 0.5) is 10.5 Å². The molecule has 0 saturated carbocycles. The first-order valence-electron chi connectivity index (χ1n) is 10.8. The lowest BCUT2D eigenvalue weighted by molar-refractivity contribution is 0.102. The highest BCUT2D eigenvalue weighted by atomic mass is 35.5. The van der Waals surface area contributed by atoms with Crippen LogP contribution < -0.4 is 10.6 Å². The lowest BCUT2D eigenvalue weighted by Crippen LogP contribution is -2.44. The van der Waals surface area contributed by atoms with Crippen molar-refractivity contribution < 1.29 is 9.59 Å². The highest BCUT2D eigenvalue weighted by molar-refractivity contribution is 7.10. The van der Waals surface area contributed by atoms with E-state index in [0.717, 1.165) is 34.7 Å². The minimum atomic E-state index is -0.236. The van der Waals surface area contributed by atoms with E-state index in [9.17, 15) is 9.59 Å². The third kappa shape index (κ3) is 5.61. The monoisotopic (exact) mass is 480 g/mol. The molecular formula is C25H25ClN4O2S. The molecule has 3 amide bonds. The molecule has 0 aliphatic carbocycles. The molecule has 0 spiro atoms. The summed E-state index contributed by atoms with van der Waals surface area (Å²) >= 11 is 7.51. The topological polar surface area (TPSA) is 74.3 Å². The molecule has 1 saturated heterocycles. The Bertz CT molecular complexity index is 1140. The van der Waals surface area contributed by atoms with Gasteiger partial charge in [0.05, 0.1) is 5.01 Å². The number of benzene rings is 2. The summed E-state index contributed by atoms with van der Waals surface area (Å²) in [6.45, 7) is 5.42. The molecule has 1 fully saturated rings. The van der Waals surface area contributed by atoms with Gasteiger partial charge in [0.1, 0.15) is 5.69 Å². The van der Waals surface area contributed by atoms with Crippen molar-refractivity contribution in [1.82, 2.24) is 15.2 Å². The largest absolute Gasteiger partial charge is 0.335 e. The normalized spacial score (nSPS) is 14.0. The van der Waals surface area contributed by atoms with Crippen molar-refractivity contribution in [2.24, 2.45) is 0 Å². The second-order valence-corrected chi connectivity index (χ2v) is 9.14. The van der Waals surface area contributed by atoms with Gasteiger partial charge in [0.25, 0.3) is 5.91 Å². The summed E-state index contributed by atoms with van der Waals surface area (Å²) in [5.41, 5.74) is 3.02. The Labute approximate surface area is 202 Å². The number of nitrogens with one attached hydrogen (secondary N) is 2. The molecule has 2 heterocycles. The van der Waals surface area contributed by atoms with Crippen LogP contribution in [0.25, 0.3) is 11.1 Å². The van der Waals surface area contributed by atoms with Crippen LogP contribution >= 0.6 is 22.9 Å². The van der Waals surface area contributed by atoms with E-state index in [2.05, 4.69) is 22.2 Å². The molecule has 1 aliphatic rings. The number of amides is 3. The molecule has 4 rings (SSSR count). The van der Waals surface area contributed by atoms with Crippen LogP contribution in [0.3, 0.4) is 0 Å². The van der Waals surface area contributed by atoms with Crippen LogP contribution in [0.5, 0.6) is 0 Å². The number of piperidine rings is 1. The molecule has 33 heavy (non-hydrogen) atoms. The van der Waals surface area contributed by atoms with E-state index in [1.165, 1.54) is 11.3 Å². The Morgan fingerprint density at radius 1 is 1.15 bits per heavy atom. The van der Waals surface area contributed by atoms with Gasteiger partial charge in [-0.25, -0.2) is 9.78 Å². The molecule has 2 aromatic carbocycles. The Balaban J connectivity index is 1.40. The number of rotatable bonds is 6. The molecule has 0 atom stereocenters. The smallest absolute Gasteiger partial charge is 0.317 e. The van der Waals surface area contributed by atoms with E-state index < -0.39 is 0 Å². The number of para-hydroxylation sites is 1. The van der Waals surface area contributed by atoms with E-state index >= 15 is 0 Å². The van der Waals surface area contributed by atoms with E-state index in [1.54, 1.807) is 11.5 Å². The number of likely N-dealkylation sites (tertiary alicyclic amines) is 1. The fraction of sp³-hybridized carbons (Fsp3) is 0.240. The summed E-state index contributed by atoms with van der Waals surface area (Å²) in [4.78, 5) is 31.5.